The van der Waals surface area contributed by atoms with Crippen LogP contribution in [0.2, 0.25) is 0 Å². The Morgan fingerprint density at radius 3 is 2.50 bits per heavy atom. The predicted octanol–water partition coefficient (Wildman–Crippen LogP) is 3.21. The summed E-state index contributed by atoms with van der Waals surface area (Å²) in [4.78, 5) is 0. The highest BCUT2D eigenvalue weighted by atomic mass is 19.1. The second-order valence-corrected chi connectivity index (χ2v) is 3.81. The van der Waals surface area contributed by atoms with E-state index < -0.39 is 6.04 Å². The Labute approximate surface area is 104 Å². The number of benzene rings is 2. The molecule has 0 fully saturated rings. The van der Waals surface area contributed by atoms with Gasteiger partial charge in [-0.25, -0.2) is 4.39 Å². The molecule has 0 amide bonds. The fourth-order valence-corrected chi connectivity index (χ4v) is 1.61. The van der Waals surface area contributed by atoms with Crippen molar-refractivity contribution >= 4 is 5.69 Å². The van der Waals surface area contributed by atoms with Crippen LogP contribution in [0.3, 0.4) is 0 Å². The van der Waals surface area contributed by atoms with Gasteiger partial charge in [-0.2, -0.15) is 5.26 Å². The van der Waals surface area contributed by atoms with E-state index in [4.69, 9.17) is 5.26 Å². The van der Waals surface area contributed by atoms with Crippen molar-refractivity contribution in [3.05, 3.63) is 59.9 Å². The number of anilines is 1. The van der Waals surface area contributed by atoms with Crippen LogP contribution >= 0.6 is 0 Å². The maximum absolute atomic E-state index is 12.8. The summed E-state index contributed by atoms with van der Waals surface area (Å²) in [6.07, 6.45) is 0. The van der Waals surface area contributed by atoms with Crippen molar-refractivity contribution in [3.8, 4) is 11.8 Å². The third-order valence-corrected chi connectivity index (χ3v) is 2.49. The van der Waals surface area contributed by atoms with Crippen LogP contribution in [0.5, 0.6) is 5.75 Å². The highest BCUT2D eigenvalue weighted by molar-refractivity contribution is 5.48. The fourth-order valence-electron chi connectivity index (χ4n) is 1.61. The van der Waals surface area contributed by atoms with E-state index in [0.29, 0.717) is 11.3 Å². The molecule has 2 aromatic rings. The van der Waals surface area contributed by atoms with Crippen LogP contribution in [-0.4, -0.2) is 5.11 Å². The van der Waals surface area contributed by atoms with Gasteiger partial charge in [-0.15, -0.1) is 0 Å². The number of hydrogen-bond acceptors (Lipinski definition) is 3. The van der Waals surface area contributed by atoms with E-state index in [1.807, 2.05) is 0 Å². The Morgan fingerprint density at radius 2 is 1.89 bits per heavy atom. The molecule has 3 nitrogen and oxygen atoms in total. The first-order valence-corrected chi connectivity index (χ1v) is 5.39. The van der Waals surface area contributed by atoms with Gasteiger partial charge in [0.2, 0.25) is 0 Å². The lowest BCUT2D eigenvalue weighted by molar-refractivity contribution is 0.474. The molecular formula is C14H11FN2O. The van der Waals surface area contributed by atoms with Gasteiger partial charge in [0.25, 0.3) is 0 Å². The van der Waals surface area contributed by atoms with Crippen LogP contribution in [0.25, 0.3) is 0 Å². The quantitative estimate of drug-likeness (QED) is 0.868. The molecule has 2 rings (SSSR count). The highest BCUT2D eigenvalue weighted by Gasteiger charge is 2.10. The molecule has 0 radical (unpaired) electrons. The zero-order chi connectivity index (χ0) is 13.0. The first-order chi connectivity index (χ1) is 8.69. The Kier molecular flexibility index (Phi) is 3.44. The van der Waals surface area contributed by atoms with Gasteiger partial charge >= 0.3 is 0 Å². The molecular weight excluding hydrogens is 231 g/mol. The monoisotopic (exact) mass is 242 g/mol. The summed E-state index contributed by atoms with van der Waals surface area (Å²) in [6.45, 7) is 0. The van der Waals surface area contributed by atoms with E-state index in [2.05, 4.69) is 11.4 Å². The summed E-state index contributed by atoms with van der Waals surface area (Å²) in [7, 11) is 0. The third kappa shape index (κ3) is 2.77. The molecule has 1 atom stereocenters. The Hall–Kier alpha value is -2.54. The second-order valence-electron chi connectivity index (χ2n) is 3.81. The van der Waals surface area contributed by atoms with E-state index in [9.17, 15) is 9.50 Å². The van der Waals surface area contributed by atoms with Gasteiger partial charge < -0.3 is 10.4 Å². The molecule has 18 heavy (non-hydrogen) atoms. The van der Waals surface area contributed by atoms with E-state index in [0.717, 1.165) is 0 Å². The summed E-state index contributed by atoms with van der Waals surface area (Å²) in [5.41, 5.74) is 1.30. The van der Waals surface area contributed by atoms with Crippen molar-refractivity contribution in [2.24, 2.45) is 0 Å². The average molecular weight is 242 g/mol. The number of phenols is 1. The van der Waals surface area contributed by atoms with E-state index in [1.54, 1.807) is 24.3 Å². The van der Waals surface area contributed by atoms with Crippen molar-refractivity contribution < 1.29 is 9.50 Å². The van der Waals surface area contributed by atoms with Crippen molar-refractivity contribution in [1.29, 1.82) is 5.26 Å². The summed E-state index contributed by atoms with van der Waals surface area (Å²) in [6, 6.07) is 13.7. The molecule has 2 N–H and O–H groups in total. The van der Waals surface area contributed by atoms with E-state index in [-0.39, 0.29) is 11.6 Å². The van der Waals surface area contributed by atoms with Gasteiger partial charge in [-0.1, -0.05) is 12.1 Å². The molecule has 0 bridgehead atoms. The van der Waals surface area contributed by atoms with Gasteiger partial charge in [0.1, 0.15) is 17.6 Å². The third-order valence-electron chi connectivity index (χ3n) is 2.49. The number of nitriles is 1. The largest absolute Gasteiger partial charge is 0.508 e. The van der Waals surface area contributed by atoms with Crippen molar-refractivity contribution in [3.63, 3.8) is 0 Å². The van der Waals surface area contributed by atoms with Crippen LogP contribution in [0, 0.1) is 17.1 Å². The number of nitrogens with zero attached hydrogens (tertiary/aromatic N) is 1. The lowest BCUT2D eigenvalue weighted by atomic mass is 10.1. The van der Waals surface area contributed by atoms with Crippen molar-refractivity contribution in [1.82, 2.24) is 0 Å². The Bertz CT molecular complexity index is 575. The molecule has 0 heterocycles. The fraction of sp³-hybridized carbons (Fsp3) is 0.0714. The van der Waals surface area contributed by atoms with E-state index >= 15 is 0 Å². The van der Waals surface area contributed by atoms with Crippen LogP contribution in [0.4, 0.5) is 10.1 Å². The molecule has 1 unspecified atom stereocenters. The molecule has 0 aliphatic rings. The lowest BCUT2D eigenvalue weighted by Gasteiger charge is -2.13. The molecule has 0 aromatic heterocycles. The number of phenolic OH excluding ortho intramolecular Hbond substituents is 1. The Balaban J connectivity index is 2.20. The zero-order valence-corrected chi connectivity index (χ0v) is 9.47. The van der Waals surface area contributed by atoms with Crippen molar-refractivity contribution in [2.45, 2.75) is 6.04 Å². The minimum atomic E-state index is -0.595. The standard InChI is InChI=1S/C14H11FN2O/c15-11-4-6-12(7-5-11)17-14(9-16)10-2-1-3-13(18)8-10/h1-8,14,17-18H. The second kappa shape index (κ2) is 5.19. The lowest BCUT2D eigenvalue weighted by Crippen LogP contribution is -2.08. The maximum atomic E-state index is 12.8. The number of rotatable bonds is 3. The van der Waals surface area contributed by atoms with Gasteiger partial charge in [-0.05, 0) is 42.0 Å². The van der Waals surface area contributed by atoms with Gasteiger partial charge in [-0.3, -0.25) is 0 Å². The van der Waals surface area contributed by atoms with E-state index in [1.165, 1.54) is 24.3 Å². The minimum Gasteiger partial charge on any atom is -0.508 e. The number of nitrogens with one attached hydrogen (secondary N) is 1. The summed E-state index contributed by atoms with van der Waals surface area (Å²) in [5.74, 6) is -0.222. The maximum Gasteiger partial charge on any atom is 0.140 e. The first kappa shape index (κ1) is 11.9. The minimum absolute atomic E-state index is 0.105. The molecule has 0 saturated heterocycles. The van der Waals surface area contributed by atoms with Crippen LogP contribution in [-0.2, 0) is 0 Å². The number of halogens is 1. The molecule has 4 heteroatoms. The number of aromatic hydroxyl groups is 1. The summed E-state index contributed by atoms with van der Waals surface area (Å²) >= 11 is 0. The predicted molar refractivity (Wildman–Crippen MR) is 66.5 cm³/mol. The average Bonchev–Trinajstić information content (AvgIpc) is 2.38. The van der Waals surface area contributed by atoms with Crippen LogP contribution < -0.4 is 5.32 Å². The normalized spacial score (nSPS) is 11.6. The molecule has 0 aliphatic carbocycles. The van der Waals surface area contributed by atoms with Crippen molar-refractivity contribution in [2.75, 3.05) is 5.32 Å². The first-order valence-electron chi connectivity index (χ1n) is 5.39. The highest BCUT2D eigenvalue weighted by Crippen LogP contribution is 2.22. The summed E-state index contributed by atoms with van der Waals surface area (Å²) < 4.78 is 12.8. The molecule has 0 spiro atoms. The van der Waals surface area contributed by atoms with Gasteiger partial charge in [0.15, 0.2) is 0 Å². The molecule has 2 aromatic carbocycles. The van der Waals surface area contributed by atoms with Crippen LogP contribution in [0.15, 0.2) is 48.5 Å². The number of hydrogen-bond donors (Lipinski definition) is 2. The SMILES string of the molecule is N#CC(Nc1ccc(F)cc1)c1cccc(O)c1. The van der Waals surface area contributed by atoms with Gasteiger partial charge in [0, 0.05) is 5.69 Å². The topological polar surface area (TPSA) is 56.0 Å². The summed E-state index contributed by atoms with van der Waals surface area (Å²) in [5, 5.41) is 21.5. The van der Waals surface area contributed by atoms with Crippen LogP contribution in [0.1, 0.15) is 11.6 Å². The Morgan fingerprint density at radius 1 is 1.17 bits per heavy atom. The van der Waals surface area contributed by atoms with Gasteiger partial charge in [0.05, 0.1) is 6.07 Å². The molecule has 90 valence electrons. The molecule has 0 aliphatic heterocycles. The molecule has 0 saturated carbocycles. The zero-order valence-electron chi connectivity index (χ0n) is 9.47. The smallest absolute Gasteiger partial charge is 0.140 e.